The molecule has 0 spiro atoms. The monoisotopic (exact) mass is 385 g/mol. The normalized spacial score (nSPS) is 27.5. The summed E-state index contributed by atoms with van der Waals surface area (Å²) in [6.45, 7) is 0.736. The Bertz CT molecular complexity index is 625. The lowest BCUT2D eigenvalue weighted by Crippen LogP contribution is -2.41. The zero-order chi connectivity index (χ0) is 18.0. The van der Waals surface area contributed by atoms with Crippen molar-refractivity contribution in [2.75, 3.05) is 20.3 Å². The Labute approximate surface area is 159 Å². The highest BCUT2D eigenvalue weighted by Gasteiger charge is 2.47. The van der Waals surface area contributed by atoms with E-state index < -0.39 is 0 Å². The Morgan fingerprint density at radius 1 is 1.28 bits per heavy atom. The van der Waals surface area contributed by atoms with Crippen LogP contribution >= 0.6 is 23.2 Å². The summed E-state index contributed by atoms with van der Waals surface area (Å²) in [4.78, 5) is 14.4. The summed E-state index contributed by atoms with van der Waals surface area (Å²) in [7, 11) is 1.92. The molecule has 2 aliphatic rings. The number of rotatable bonds is 7. The second-order valence-electron chi connectivity index (χ2n) is 7.27. The van der Waals surface area contributed by atoms with Crippen molar-refractivity contribution in [1.82, 2.24) is 4.90 Å². The molecule has 0 aromatic heterocycles. The van der Waals surface area contributed by atoms with Crippen molar-refractivity contribution in [3.05, 3.63) is 28.2 Å². The SMILES string of the molecule is CN(C(=O)CCCOc1ccc(Cl)cc1Cl)C1CC2CC1CC2CO. The lowest BCUT2D eigenvalue weighted by atomic mass is 9.86. The smallest absolute Gasteiger partial charge is 0.222 e. The molecular formula is C19H25Cl2NO3. The zero-order valence-corrected chi connectivity index (χ0v) is 16.0. The molecule has 0 radical (unpaired) electrons. The van der Waals surface area contributed by atoms with Gasteiger partial charge in [0.25, 0.3) is 0 Å². The van der Waals surface area contributed by atoms with Crippen molar-refractivity contribution < 1.29 is 14.6 Å². The van der Waals surface area contributed by atoms with Crippen LogP contribution in [0.4, 0.5) is 0 Å². The van der Waals surface area contributed by atoms with E-state index in [9.17, 15) is 9.90 Å². The minimum atomic E-state index is 0.170. The minimum Gasteiger partial charge on any atom is -0.492 e. The molecule has 1 N–H and O–H groups in total. The van der Waals surface area contributed by atoms with E-state index in [1.807, 2.05) is 11.9 Å². The van der Waals surface area contributed by atoms with Gasteiger partial charge in [0.15, 0.2) is 0 Å². The highest BCUT2D eigenvalue weighted by Crippen LogP contribution is 2.49. The third kappa shape index (κ3) is 4.24. The molecule has 2 bridgehead atoms. The number of aliphatic hydroxyl groups is 1. The van der Waals surface area contributed by atoms with Gasteiger partial charge in [-0.15, -0.1) is 0 Å². The predicted octanol–water partition coefficient (Wildman–Crippen LogP) is 4.02. The number of aliphatic hydroxyl groups excluding tert-OH is 1. The average molecular weight is 386 g/mol. The van der Waals surface area contributed by atoms with Gasteiger partial charge in [-0.3, -0.25) is 4.79 Å². The van der Waals surface area contributed by atoms with Crippen molar-refractivity contribution in [2.24, 2.45) is 17.8 Å². The highest BCUT2D eigenvalue weighted by atomic mass is 35.5. The van der Waals surface area contributed by atoms with Crippen molar-refractivity contribution in [2.45, 2.75) is 38.1 Å². The first-order valence-corrected chi connectivity index (χ1v) is 9.69. The number of halogens is 2. The maximum Gasteiger partial charge on any atom is 0.222 e. The fourth-order valence-corrected chi connectivity index (χ4v) is 4.88. The van der Waals surface area contributed by atoms with Gasteiger partial charge in [-0.1, -0.05) is 23.2 Å². The van der Waals surface area contributed by atoms with Crippen molar-refractivity contribution >= 4 is 29.1 Å². The number of benzene rings is 1. The first-order chi connectivity index (χ1) is 12.0. The van der Waals surface area contributed by atoms with E-state index in [4.69, 9.17) is 27.9 Å². The molecular weight excluding hydrogens is 361 g/mol. The molecule has 2 fully saturated rings. The Morgan fingerprint density at radius 3 is 2.72 bits per heavy atom. The fraction of sp³-hybridized carbons (Fsp3) is 0.632. The molecule has 6 heteroatoms. The first-order valence-electron chi connectivity index (χ1n) is 8.94. The molecule has 2 aliphatic carbocycles. The summed E-state index contributed by atoms with van der Waals surface area (Å²) >= 11 is 11.9. The summed E-state index contributed by atoms with van der Waals surface area (Å²) in [5.74, 6) is 2.35. The number of hydrogen-bond acceptors (Lipinski definition) is 3. The van der Waals surface area contributed by atoms with Gasteiger partial charge in [-0.05, 0) is 61.6 Å². The lowest BCUT2D eigenvalue weighted by molar-refractivity contribution is -0.133. The molecule has 4 unspecified atom stereocenters. The molecule has 0 heterocycles. The van der Waals surface area contributed by atoms with Gasteiger partial charge in [-0.25, -0.2) is 0 Å². The van der Waals surface area contributed by atoms with Crippen molar-refractivity contribution in [1.29, 1.82) is 0 Å². The molecule has 4 atom stereocenters. The maximum absolute atomic E-state index is 12.5. The number of carbonyl (C=O) groups is 1. The van der Waals surface area contributed by atoms with Gasteiger partial charge in [0.2, 0.25) is 5.91 Å². The minimum absolute atomic E-state index is 0.170. The van der Waals surface area contributed by atoms with Crippen LogP contribution in [0.5, 0.6) is 5.75 Å². The number of ether oxygens (including phenoxy) is 1. The van der Waals surface area contributed by atoms with Gasteiger partial charge < -0.3 is 14.7 Å². The molecule has 4 nitrogen and oxygen atoms in total. The Morgan fingerprint density at radius 2 is 2.08 bits per heavy atom. The summed E-state index contributed by atoms with van der Waals surface area (Å²) in [6, 6.07) is 5.46. The third-order valence-electron chi connectivity index (χ3n) is 5.78. The van der Waals surface area contributed by atoms with Crippen molar-refractivity contribution in [3.63, 3.8) is 0 Å². The number of carbonyl (C=O) groups excluding carboxylic acids is 1. The third-order valence-corrected chi connectivity index (χ3v) is 6.31. The van der Waals surface area contributed by atoms with E-state index in [0.29, 0.717) is 59.0 Å². The summed E-state index contributed by atoms with van der Waals surface area (Å²) in [5, 5.41) is 10.4. The molecule has 138 valence electrons. The van der Waals surface area contributed by atoms with Crippen LogP contribution in [0.15, 0.2) is 18.2 Å². The standard InChI is InChI=1S/C19H25Cl2NO3/c1-22(17-9-12-7-13(17)8-14(12)11-23)19(24)3-2-6-25-18-5-4-15(20)10-16(18)21/h4-5,10,12-14,17,23H,2-3,6-9,11H2,1H3. The molecule has 1 aromatic rings. The Balaban J connectivity index is 1.41. The summed E-state index contributed by atoms with van der Waals surface area (Å²) < 4.78 is 5.64. The molecule has 3 rings (SSSR count). The lowest BCUT2D eigenvalue weighted by Gasteiger charge is -2.34. The second kappa shape index (κ2) is 8.15. The van der Waals surface area contributed by atoms with Gasteiger partial charge in [0, 0.05) is 31.1 Å². The first kappa shape index (κ1) is 18.8. The average Bonchev–Trinajstić information content (AvgIpc) is 3.19. The molecule has 2 saturated carbocycles. The van der Waals surface area contributed by atoms with Crippen LogP contribution in [0.1, 0.15) is 32.1 Å². The number of amides is 1. The van der Waals surface area contributed by atoms with Gasteiger partial charge >= 0.3 is 0 Å². The van der Waals surface area contributed by atoms with Gasteiger partial charge in [0.1, 0.15) is 5.75 Å². The largest absolute Gasteiger partial charge is 0.492 e. The van der Waals surface area contributed by atoms with Crippen LogP contribution in [0, 0.1) is 17.8 Å². The molecule has 1 amide bonds. The fourth-order valence-electron chi connectivity index (χ4n) is 4.42. The topological polar surface area (TPSA) is 49.8 Å². The van der Waals surface area contributed by atoms with Crippen LogP contribution in [-0.2, 0) is 4.79 Å². The molecule has 1 aromatic carbocycles. The highest BCUT2D eigenvalue weighted by molar-refractivity contribution is 6.35. The summed E-state index contributed by atoms with van der Waals surface area (Å²) in [5.41, 5.74) is 0. The predicted molar refractivity (Wildman–Crippen MR) is 99.2 cm³/mol. The van der Waals surface area contributed by atoms with E-state index in [2.05, 4.69) is 0 Å². The van der Waals surface area contributed by atoms with Crippen LogP contribution in [0.3, 0.4) is 0 Å². The zero-order valence-electron chi connectivity index (χ0n) is 14.5. The van der Waals surface area contributed by atoms with Crippen LogP contribution in [0.25, 0.3) is 0 Å². The Kier molecular flexibility index (Phi) is 6.13. The molecule has 0 aliphatic heterocycles. The van der Waals surface area contributed by atoms with Crippen LogP contribution in [-0.4, -0.2) is 42.2 Å². The Hall–Kier alpha value is -0.970. The number of fused-ring (bicyclic) bond motifs is 2. The molecule has 0 saturated heterocycles. The van der Waals surface area contributed by atoms with Gasteiger partial charge in [-0.2, -0.15) is 0 Å². The van der Waals surface area contributed by atoms with Gasteiger partial charge in [0.05, 0.1) is 11.6 Å². The van der Waals surface area contributed by atoms with E-state index in [0.717, 1.165) is 19.3 Å². The van der Waals surface area contributed by atoms with E-state index in [1.165, 1.54) is 0 Å². The molecule has 25 heavy (non-hydrogen) atoms. The van der Waals surface area contributed by atoms with Crippen molar-refractivity contribution in [3.8, 4) is 5.75 Å². The van der Waals surface area contributed by atoms with Crippen LogP contribution in [0.2, 0.25) is 10.0 Å². The summed E-state index contributed by atoms with van der Waals surface area (Å²) in [6.07, 6.45) is 4.38. The number of hydrogen-bond donors (Lipinski definition) is 1. The van der Waals surface area contributed by atoms with E-state index in [-0.39, 0.29) is 12.5 Å². The van der Waals surface area contributed by atoms with E-state index in [1.54, 1.807) is 18.2 Å². The van der Waals surface area contributed by atoms with E-state index >= 15 is 0 Å². The quantitative estimate of drug-likeness (QED) is 0.721. The maximum atomic E-state index is 12.5. The second-order valence-corrected chi connectivity index (χ2v) is 8.11. The number of nitrogens with zero attached hydrogens (tertiary/aromatic N) is 1. The van der Waals surface area contributed by atoms with Crippen LogP contribution < -0.4 is 4.74 Å².